The first-order valence-electron chi connectivity index (χ1n) is 4.89. The van der Waals surface area contributed by atoms with Crippen LogP contribution in [-0.2, 0) is 4.74 Å². The molecule has 1 aliphatic rings. The lowest BCUT2D eigenvalue weighted by Gasteiger charge is -2.05. The van der Waals surface area contributed by atoms with E-state index in [1.54, 1.807) is 7.05 Å². The molecule has 0 unspecified atom stereocenters. The second-order valence-corrected chi connectivity index (χ2v) is 3.52. The molecule has 15 heavy (non-hydrogen) atoms. The highest BCUT2D eigenvalue weighted by molar-refractivity contribution is 5.85. The standard InChI is InChI=1S/C10H13N3O2/c1-11-8-5-7(6-3-4-6)12-9(13-8)10(14)15-2/h5-6H,3-4H2,1-2H3,(H,11,12,13). The maximum Gasteiger partial charge on any atom is 0.376 e. The van der Waals surface area contributed by atoms with Crippen LogP contribution in [0.1, 0.15) is 35.1 Å². The number of hydrogen-bond donors (Lipinski definition) is 1. The molecule has 0 spiro atoms. The zero-order chi connectivity index (χ0) is 10.8. The van der Waals surface area contributed by atoms with E-state index in [9.17, 15) is 4.79 Å². The molecule has 2 rings (SSSR count). The van der Waals surface area contributed by atoms with Gasteiger partial charge in [0, 0.05) is 24.7 Å². The minimum atomic E-state index is -0.492. The summed E-state index contributed by atoms with van der Waals surface area (Å²) in [5, 5.41) is 2.91. The van der Waals surface area contributed by atoms with Crippen molar-refractivity contribution in [3.05, 3.63) is 17.6 Å². The summed E-state index contributed by atoms with van der Waals surface area (Å²) in [5.41, 5.74) is 0.926. The molecule has 0 radical (unpaired) electrons. The molecule has 1 aromatic rings. The van der Waals surface area contributed by atoms with Gasteiger partial charge in [-0.15, -0.1) is 0 Å². The molecule has 5 heteroatoms. The van der Waals surface area contributed by atoms with Crippen molar-refractivity contribution in [3.63, 3.8) is 0 Å². The normalized spacial score (nSPS) is 14.8. The number of nitrogens with one attached hydrogen (secondary N) is 1. The summed E-state index contributed by atoms with van der Waals surface area (Å²) in [5.74, 6) is 0.788. The smallest absolute Gasteiger partial charge is 0.376 e. The number of anilines is 1. The molecule has 0 atom stereocenters. The second-order valence-electron chi connectivity index (χ2n) is 3.52. The van der Waals surface area contributed by atoms with E-state index in [1.165, 1.54) is 7.11 Å². The van der Waals surface area contributed by atoms with Crippen LogP contribution in [0.15, 0.2) is 6.07 Å². The first kappa shape index (κ1) is 9.89. The predicted molar refractivity (Wildman–Crippen MR) is 54.9 cm³/mol. The van der Waals surface area contributed by atoms with Gasteiger partial charge in [0.1, 0.15) is 5.82 Å². The van der Waals surface area contributed by atoms with Crippen LogP contribution in [0.3, 0.4) is 0 Å². The summed E-state index contributed by atoms with van der Waals surface area (Å²) < 4.78 is 4.60. The maximum absolute atomic E-state index is 11.3. The van der Waals surface area contributed by atoms with Crippen molar-refractivity contribution in [2.24, 2.45) is 0 Å². The molecular formula is C10H13N3O2. The van der Waals surface area contributed by atoms with Gasteiger partial charge in [0.15, 0.2) is 0 Å². The van der Waals surface area contributed by atoms with Gasteiger partial charge >= 0.3 is 5.97 Å². The molecule has 5 nitrogen and oxygen atoms in total. The fourth-order valence-electron chi connectivity index (χ4n) is 1.36. The lowest BCUT2D eigenvalue weighted by molar-refractivity contribution is 0.0586. The Morgan fingerprint density at radius 3 is 2.80 bits per heavy atom. The highest BCUT2D eigenvalue weighted by atomic mass is 16.5. The van der Waals surface area contributed by atoms with Gasteiger partial charge in [-0.05, 0) is 12.8 Å². The van der Waals surface area contributed by atoms with Crippen molar-refractivity contribution in [1.29, 1.82) is 0 Å². The summed E-state index contributed by atoms with van der Waals surface area (Å²) in [7, 11) is 3.09. The fourth-order valence-corrected chi connectivity index (χ4v) is 1.36. The number of aromatic nitrogens is 2. The summed E-state index contributed by atoms with van der Waals surface area (Å²) in [6.07, 6.45) is 2.28. The maximum atomic E-state index is 11.3. The fraction of sp³-hybridized carbons (Fsp3) is 0.500. The van der Waals surface area contributed by atoms with Crippen molar-refractivity contribution in [2.45, 2.75) is 18.8 Å². The van der Waals surface area contributed by atoms with E-state index in [0.29, 0.717) is 11.7 Å². The number of rotatable bonds is 3. The Balaban J connectivity index is 2.36. The SMILES string of the molecule is CNc1cc(C2CC2)nc(C(=O)OC)n1. The average molecular weight is 207 g/mol. The topological polar surface area (TPSA) is 64.1 Å². The third kappa shape index (κ3) is 2.06. The molecule has 0 aromatic carbocycles. The Hall–Kier alpha value is -1.65. The molecule has 0 amide bonds. The second kappa shape index (κ2) is 3.84. The van der Waals surface area contributed by atoms with Crippen LogP contribution >= 0.6 is 0 Å². The molecule has 0 saturated heterocycles. The minimum Gasteiger partial charge on any atom is -0.463 e. The highest BCUT2D eigenvalue weighted by Gasteiger charge is 2.27. The first-order chi connectivity index (χ1) is 7.24. The largest absolute Gasteiger partial charge is 0.463 e. The highest BCUT2D eigenvalue weighted by Crippen LogP contribution is 2.39. The predicted octanol–water partition coefficient (Wildman–Crippen LogP) is 1.18. The van der Waals surface area contributed by atoms with Crippen LogP contribution in [0.2, 0.25) is 0 Å². The number of hydrogen-bond acceptors (Lipinski definition) is 5. The lowest BCUT2D eigenvalue weighted by atomic mass is 10.2. The van der Waals surface area contributed by atoms with Crippen LogP contribution < -0.4 is 5.32 Å². The number of carbonyl (C=O) groups is 1. The van der Waals surface area contributed by atoms with Crippen LogP contribution in [0.25, 0.3) is 0 Å². The van der Waals surface area contributed by atoms with E-state index >= 15 is 0 Å². The van der Waals surface area contributed by atoms with Gasteiger partial charge in [0.25, 0.3) is 0 Å². The Bertz CT molecular complexity index is 388. The number of ether oxygens (including phenoxy) is 1. The van der Waals surface area contributed by atoms with Crippen LogP contribution in [0, 0.1) is 0 Å². The number of methoxy groups -OCH3 is 1. The Labute approximate surface area is 87.9 Å². The van der Waals surface area contributed by atoms with E-state index in [0.717, 1.165) is 18.5 Å². The molecule has 1 N–H and O–H groups in total. The molecular weight excluding hydrogens is 194 g/mol. The third-order valence-electron chi connectivity index (χ3n) is 2.37. The molecule has 0 bridgehead atoms. The Kier molecular flexibility index (Phi) is 2.53. The van der Waals surface area contributed by atoms with Gasteiger partial charge in [-0.1, -0.05) is 0 Å². The van der Waals surface area contributed by atoms with E-state index in [2.05, 4.69) is 20.0 Å². The average Bonchev–Trinajstić information content (AvgIpc) is 3.11. The molecule has 80 valence electrons. The van der Waals surface area contributed by atoms with Crippen molar-refractivity contribution < 1.29 is 9.53 Å². The van der Waals surface area contributed by atoms with E-state index in [1.807, 2.05) is 6.07 Å². The van der Waals surface area contributed by atoms with Gasteiger partial charge in [-0.2, -0.15) is 0 Å². The summed E-state index contributed by atoms with van der Waals surface area (Å²) in [6, 6.07) is 1.88. The van der Waals surface area contributed by atoms with Crippen molar-refractivity contribution in [2.75, 3.05) is 19.5 Å². The summed E-state index contributed by atoms with van der Waals surface area (Å²) in [4.78, 5) is 19.5. The van der Waals surface area contributed by atoms with Crippen molar-refractivity contribution in [3.8, 4) is 0 Å². The zero-order valence-electron chi connectivity index (χ0n) is 8.78. The zero-order valence-corrected chi connectivity index (χ0v) is 8.78. The number of nitrogens with zero attached hydrogens (tertiary/aromatic N) is 2. The molecule has 1 aliphatic carbocycles. The Morgan fingerprint density at radius 1 is 1.53 bits per heavy atom. The first-order valence-corrected chi connectivity index (χ1v) is 4.89. The van der Waals surface area contributed by atoms with E-state index in [4.69, 9.17) is 0 Å². The van der Waals surface area contributed by atoms with Crippen LogP contribution in [0.4, 0.5) is 5.82 Å². The minimum absolute atomic E-state index is 0.131. The van der Waals surface area contributed by atoms with Gasteiger partial charge in [-0.25, -0.2) is 14.8 Å². The van der Waals surface area contributed by atoms with Crippen LogP contribution in [-0.4, -0.2) is 30.1 Å². The summed E-state index contributed by atoms with van der Waals surface area (Å²) in [6.45, 7) is 0. The number of esters is 1. The molecule has 0 aliphatic heterocycles. The van der Waals surface area contributed by atoms with Gasteiger partial charge < -0.3 is 10.1 Å². The number of carbonyl (C=O) groups excluding carboxylic acids is 1. The quantitative estimate of drug-likeness (QED) is 0.754. The van der Waals surface area contributed by atoms with Gasteiger partial charge in [0.2, 0.25) is 5.82 Å². The molecule has 1 saturated carbocycles. The van der Waals surface area contributed by atoms with Crippen molar-refractivity contribution >= 4 is 11.8 Å². The Morgan fingerprint density at radius 2 is 2.27 bits per heavy atom. The summed E-state index contributed by atoms with van der Waals surface area (Å²) >= 11 is 0. The third-order valence-corrected chi connectivity index (χ3v) is 2.37. The van der Waals surface area contributed by atoms with E-state index < -0.39 is 5.97 Å². The van der Waals surface area contributed by atoms with Gasteiger partial charge in [-0.3, -0.25) is 0 Å². The lowest BCUT2D eigenvalue weighted by Crippen LogP contribution is -2.10. The van der Waals surface area contributed by atoms with E-state index in [-0.39, 0.29) is 5.82 Å². The molecule has 1 heterocycles. The van der Waals surface area contributed by atoms with Crippen molar-refractivity contribution in [1.82, 2.24) is 9.97 Å². The van der Waals surface area contributed by atoms with Gasteiger partial charge in [0.05, 0.1) is 7.11 Å². The molecule has 1 aromatic heterocycles. The molecule has 1 fully saturated rings. The van der Waals surface area contributed by atoms with Crippen LogP contribution in [0.5, 0.6) is 0 Å². The monoisotopic (exact) mass is 207 g/mol.